The third-order valence-corrected chi connectivity index (χ3v) is 3.25. The molecule has 0 saturated carbocycles. The van der Waals surface area contributed by atoms with Crippen molar-refractivity contribution in [1.82, 2.24) is 0 Å². The summed E-state index contributed by atoms with van der Waals surface area (Å²) in [6, 6.07) is 5.60. The number of hydrogen-bond donors (Lipinski definition) is 1. The summed E-state index contributed by atoms with van der Waals surface area (Å²) in [6.45, 7) is 1.64. The number of carbonyl (C=O) groups is 1. The second-order valence-corrected chi connectivity index (χ2v) is 4.55. The maximum absolute atomic E-state index is 11.3. The molecule has 1 aromatic carbocycles. The number of methoxy groups -OCH3 is 1. The maximum atomic E-state index is 11.3. The predicted octanol–water partition coefficient (Wildman–Crippen LogP) is 2.00. The van der Waals surface area contributed by atoms with E-state index in [0.717, 1.165) is 30.4 Å². The molecule has 0 bridgehead atoms. The summed E-state index contributed by atoms with van der Waals surface area (Å²) in [5.74, 6) is 0.181. The molecular formula is C14H18O4. The Kier molecular flexibility index (Phi) is 3.87. The molecule has 2 rings (SSSR count). The predicted molar refractivity (Wildman–Crippen MR) is 66.4 cm³/mol. The lowest BCUT2D eigenvalue weighted by Crippen LogP contribution is -2.25. The van der Waals surface area contributed by atoms with Gasteiger partial charge in [-0.05, 0) is 49.4 Å². The second-order valence-electron chi connectivity index (χ2n) is 4.55. The quantitative estimate of drug-likeness (QED) is 0.834. The minimum atomic E-state index is -0.645. The van der Waals surface area contributed by atoms with Gasteiger partial charge in [-0.2, -0.15) is 0 Å². The molecule has 0 heterocycles. The molecule has 2 unspecified atom stereocenters. The highest BCUT2D eigenvalue weighted by atomic mass is 16.6. The minimum Gasteiger partial charge on any atom is -0.479 e. The molecule has 2 atom stereocenters. The Balaban J connectivity index is 2.15. The number of aliphatic hydroxyl groups excluding tert-OH is 1. The molecule has 0 aliphatic heterocycles. The van der Waals surface area contributed by atoms with Crippen molar-refractivity contribution in [3.8, 4) is 5.75 Å². The van der Waals surface area contributed by atoms with Gasteiger partial charge in [-0.3, -0.25) is 0 Å². The van der Waals surface area contributed by atoms with Gasteiger partial charge in [-0.25, -0.2) is 4.79 Å². The maximum Gasteiger partial charge on any atom is 0.346 e. The molecule has 18 heavy (non-hydrogen) atoms. The molecular weight excluding hydrogens is 232 g/mol. The van der Waals surface area contributed by atoms with Crippen molar-refractivity contribution in [2.75, 3.05) is 7.11 Å². The van der Waals surface area contributed by atoms with Gasteiger partial charge < -0.3 is 14.6 Å². The zero-order valence-electron chi connectivity index (χ0n) is 10.7. The van der Waals surface area contributed by atoms with Crippen molar-refractivity contribution in [3.63, 3.8) is 0 Å². The van der Waals surface area contributed by atoms with E-state index in [1.165, 1.54) is 7.11 Å². The first kappa shape index (κ1) is 12.9. The average Bonchev–Trinajstić information content (AvgIpc) is 2.38. The highest BCUT2D eigenvalue weighted by Gasteiger charge is 2.20. The van der Waals surface area contributed by atoms with Crippen molar-refractivity contribution >= 4 is 5.97 Å². The lowest BCUT2D eigenvalue weighted by atomic mass is 9.89. The molecule has 4 heteroatoms. The fourth-order valence-electron chi connectivity index (χ4n) is 2.24. The van der Waals surface area contributed by atoms with Gasteiger partial charge in [0.15, 0.2) is 6.10 Å². The zero-order valence-corrected chi connectivity index (χ0v) is 10.7. The van der Waals surface area contributed by atoms with E-state index in [9.17, 15) is 9.90 Å². The summed E-state index contributed by atoms with van der Waals surface area (Å²) in [5, 5.41) is 9.93. The first-order valence-corrected chi connectivity index (χ1v) is 6.17. The molecule has 0 saturated heterocycles. The van der Waals surface area contributed by atoms with Crippen molar-refractivity contribution < 1.29 is 19.4 Å². The Morgan fingerprint density at radius 2 is 2.28 bits per heavy atom. The van der Waals surface area contributed by atoms with E-state index in [-0.39, 0.29) is 0 Å². The van der Waals surface area contributed by atoms with Gasteiger partial charge in [0.25, 0.3) is 0 Å². The Morgan fingerprint density at radius 3 is 3.00 bits per heavy atom. The molecule has 1 N–H and O–H groups in total. The van der Waals surface area contributed by atoms with Crippen molar-refractivity contribution in [1.29, 1.82) is 0 Å². The minimum absolute atomic E-state index is 0.409. The van der Waals surface area contributed by atoms with Gasteiger partial charge in [-0.15, -0.1) is 0 Å². The lowest BCUT2D eigenvalue weighted by molar-refractivity contribution is -0.147. The van der Waals surface area contributed by atoms with E-state index < -0.39 is 18.2 Å². The third kappa shape index (κ3) is 2.64. The number of aliphatic hydroxyl groups is 1. The molecule has 1 aliphatic rings. The van der Waals surface area contributed by atoms with Gasteiger partial charge in [-0.1, -0.05) is 6.07 Å². The van der Waals surface area contributed by atoms with E-state index in [4.69, 9.17) is 4.74 Å². The normalized spacial score (nSPS) is 19.8. The lowest BCUT2D eigenvalue weighted by Gasteiger charge is -2.22. The molecule has 0 radical (unpaired) electrons. The van der Waals surface area contributed by atoms with Gasteiger partial charge in [0.2, 0.25) is 0 Å². The molecule has 0 fully saturated rings. The Morgan fingerprint density at radius 1 is 1.50 bits per heavy atom. The van der Waals surface area contributed by atoms with E-state index in [2.05, 4.69) is 4.74 Å². The van der Waals surface area contributed by atoms with Crippen LogP contribution < -0.4 is 4.74 Å². The summed E-state index contributed by atoms with van der Waals surface area (Å²) in [6.07, 6.45) is 1.70. The number of aryl methyl sites for hydroxylation is 1. The SMILES string of the molecule is COC(=O)C(C)Oc1ccc2c(c1)C(O)CCC2. The van der Waals surface area contributed by atoms with Crippen LogP contribution in [0.3, 0.4) is 0 Å². The zero-order chi connectivity index (χ0) is 13.1. The Hall–Kier alpha value is -1.55. The van der Waals surface area contributed by atoms with Crippen LogP contribution >= 0.6 is 0 Å². The average molecular weight is 250 g/mol. The smallest absolute Gasteiger partial charge is 0.346 e. The fourth-order valence-corrected chi connectivity index (χ4v) is 2.24. The van der Waals surface area contributed by atoms with Crippen molar-refractivity contribution in [3.05, 3.63) is 29.3 Å². The van der Waals surface area contributed by atoms with Crippen molar-refractivity contribution in [2.24, 2.45) is 0 Å². The largest absolute Gasteiger partial charge is 0.479 e. The summed E-state index contributed by atoms with van der Waals surface area (Å²) >= 11 is 0. The first-order chi connectivity index (χ1) is 8.61. The van der Waals surface area contributed by atoms with Crippen LogP contribution in [0.15, 0.2) is 18.2 Å². The highest BCUT2D eigenvalue weighted by molar-refractivity contribution is 5.74. The number of benzene rings is 1. The number of carbonyl (C=O) groups excluding carboxylic acids is 1. The third-order valence-electron chi connectivity index (χ3n) is 3.25. The summed E-state index contributed by atoms with van der Waals surface area (Å²) in [5.41, 5.74) is 2.07. The topological polar surface area (TPSA) is 55.8 Å². The van der Waals surface area contributed by atoms with E-state index in [1.54, 1.807) is 6.92 Å². The first-order valence-electron chi connectivity index (χ1n) is 6.17. The molecule has 1 aliphatic carbocycles. The second kappa shape index (κ2) is 5.40. The molecule has 0 aromatic heterocycles. The summed E-state index contributed by atoms with van der Waals surface area (Å²) in [7, 11) is 1.33. The van der Waals surface area contributed by atoms with Crippen LogP contribution in [-0.4, -0.2) is 24.3 Å². The monoisotopic (exact) mass is 250 g/mol. The van der Waals surface area contributed by atoms with Gasteiger partial charge >= 0.3 is 5.97 Å². The molecule has 98 valence electrons. The molecule has 1 aromatic rings. The van der Waals surface area contributed by atoms with E-state index in [0.29, 0.717) is 5.75 Å². The van der Waals surface area contributed by atoms with Crippen LogP contribution in [0.4, 0.5) is 0 Å². The molecule has 4 nitrogen and oxygen atoms in total. The summed E-state index contributed by atoms with van der Waals surface area (Å²) < 4.78 is 10.1. The number of fused-ring (bicyclic) bond motifs is 1. The van der Waals surface area contributed by atoms with Crippen molar-refractivity contribution in [2.45, 2.75) is 38.4 Å². The van der Waals surface area contributed by atoms with Crippen LogP contribution in [-0.2, 0) is 16.0 Å². The van der Waals surface area contributed by atoms with E-state index >= 15 is 0 Å². The van der Waals surface area contributed by atoms with Crippen LogP contribution in [0.2, 0.25) is 0 Å². The number of rotatable bonds is 3. The summed E-state index contributed by atoms with van der Waals surface area (Å²) in [4.78, 5) is 11.3. The molecule has 0 spiro atoms. The van der Waals surface area contributed by atoms with Gasteiger partial charge in [0, 0.05) is 0 Å². The van der Waals surface area contributed by atoms with Gasteiger partial charge in [0.1, 0.15) is 5.75 Å². The number of ether oxygens (including phenoxy) is 2. The van der Waals surface area contributed by atoms with Crippen LogP contribution in [0, 0.1) is 0 Å². The van der Waals surface area contributed by atoms with Crippen LogP contribution in [0.25, 0.3) is 0 Å². The van der Waals surface area contributed by atoms with E-state index in [1.807, 2.05) is 18.2 Å². The Labute approximate surface area is 107 Å². The standard InChI is InChI=1S/C14H18O4/c1-9(14(16)17-2)18-11-7-6-10-4-3-5-13(15)12(10)8-11/h6-9,13,15H,3-5H2,1-2H3. The highest BCUT2D eigenvalue weighted by Crippen LogP contribution is 2.32. The Bertz CT molecular complexity index is 441. The van der Waals surface area contributed by atoms with Gasteiger partial charge in [0.05, 0.1) is 13.2 Å². The van der Waals surface area contributed by atoms with Crippen LogP contribution in [0.1, 0.15) is 37.0 Å². The van der Waals surface area contributed by atoms with Crippen LogP contribution in [0.5, 0.6) is 5.75 Å². The number of hydrogen-bond acceptors (Lipinski definition) is 4. The molecule has 0 amide bonds. The fraction of sp³-hybridized carbons (Fsp3) is 0.500. The number of esters is 1.